The van der Waals surface area contributed by atoms with E-state index < -0.39 is 0 Å². The van der Waals surface area contributed by atoms with Gasteiger partial charge in [0.05, 0.1) is 18.1 Å². The third-order valence-corrected chi connectivity index (χ3v) is 8.12. The number of ether oxygens (including phenoxy) is 1. The van der Waals surface area contributed by atoms with Crippen LogP contribution in [0.1, 0.15) is 17.5 Å². The Hall–Kier alpha value is -3.73. The third kappa shape index (κ3) is 2.96. The summed E-state index contributed by atoms with van der Waals surface area (Å²) in [5, 5.41) is 7.82. The van der Waals surface area contributed by atoms with Crippen LogP contribution in [-0.4, -0.2) is 23.0 Å². The molecule has 0 aromatic heterocycles. The van der Waals surface area contributed by atoms with Gasteiger partial charge in [0.25, 0.3) is 11.8 Å². The molecule has 2 saturated carbocycles. The molecule has 6 atom stereocenters. The number of benzene rings is 3. The minimum atomic E-state index is -0.215. The monoisotopic (exact) mass is 448 g/mol. The van der Waals surface area contributed by atoms with E-state index in [4.69, 9.17) is 4.74 Å². The first-order valence-electron chi connectivity index (χ1n) is 12.0. The van der Waals surface area contributed by atoms with Crippen LogP contribution in [0.3, 0.4) is 0 Å². The zero-order chi connectivity index (χ0) is 22.8. The van der Waals surface area contributed by atoms with Crippen LogP contribution < -0.4 is 4.74 Å². The number of amides is 2. The minimum absolute atomic E-state index is 0.133. The topological polar surface area (TPSA) is 59.0 Å². The molecule has 5 nitrogen and oxygen atoms in total. The molecule has 4 aliphatic carbocycles. The number of rotatable bonds is 5. The van der Waals surface area contributed by atoms with Crippen molar-refractivity contribution in [1.29, 1.82) is 0 Å². The lowest BCUT2D eigenvalue weighted by molar-refractivity contribution is -0.140. The van der Waals surface area contributed by atoms with E-state index in [-0.39, 0.29) is 35.5 Å². The summed E-state index contributed by atoms with van der Waals surface area (Å²) in [5.74, 6) is 1.69. The molecule has 1 heterocycles. The molecule has 1 aliphatic heterocycles. The fourth-order valence-electron chi connectivity index (χ4n) is 6.41. The van der Waals surface area contributed by atoms with E-state index in [2.05, 4.69) is 41.5 Å². The molecule has 8 rings (SSSR count). The van der Waals surface area contributed by atoms with Gasteiger partial charge in [0, 0.05) is 0 Å². The standard InChI is InChI=1S/C29H24N2O3/c32-28-26-22-12-13-23(25-14-24(22)25)27(26)29(33)31(28)30-15-17-8-10-20(11-9-17)34-16-19-6-3-5-18-4-1-2-7-21(18)19/h1-13,15,22-27H,14,16H2/t22-,23-,24-,25-,26-,27+/m0/s1. The van der Waals surface area contributed by atoms with E-state index in [1.807, 2.05) is 42.5 Å². The van der Waals surface area contributed by atoms with Crippen LogP contribution in [0.4, 0.5) is 0 Å². The summed E-state index contributed by atoms with van der Waals surface area (Å²) in [6.07, 6.45) is 7.11. The first-order chi connectivity index (χ1) is 16.7. The van der Waals surface area contributed by atoms with E-state index in [0.717, 1.165) is 28.3 Å². The number of carbonyl (C=O) groups is 2. The van der Waals surface area contributed by atoms with Crippen molar-refractivity contribution in [2.75, 3.05) is 0 Å². The van der Waals surface area contributed by atoms with Crippen molar-refractivity contribution < 1.29 is 14.3 Å². The molecule has 2 amide bonds. The van der Waals surface area contributed by atoms with Gasteiger partial charge in [-0.15, -0.1) is 0 Å². The lowest BCUT2D eigenvalue weighted by Gasteiger charge is -2.37. The van der Waals surface area contributed by atoms with Crippen molar-refractivity contribution in [1.82, 2.24) is 5.01 Å². The van der Waals surface area contributed by atoms with E-state index >= 15 is 0 Å². The summed E-state index contributed by atoms with van der Waals surface area (Å²) in [5.41, 5.74) is 1.95. The SMILES string of the molecule is O=C1[C@@H]2[C@H]3C=C[C@@H]([C@@H]4C[C@@H]34)[C@@H]2C(=O)N1N=Cc1ccc(OCc2cccc3ccccc23)cc1. The number of hydrogen-bond donors (Lipinski definition) is 0. The normalized spacial score (nSPS) is 30.8. The summed E-state index contributed by atoms with van der Waals surface area (Å²) in [4.78, 5) is 26.1. The van der Waals surface area contributed by atoms with E-state index in [1.165, 1.54) is 10.8 Å². The van der Waals surface area contributed by atoms with Crippen LogP contribution in [0.2, 0.25) is 0 Å². The average molecular weight is 449 g/mol. The molecule has 3 fully saturated rings. The molecular weight excluding hydrogens is 424 g/mol. The molecule has 3 aromatic rings. The van der Waals surface area contributed by atoms with Crippen LogP contribution in [0.15, 0.2) is 84.0 Å². The van der Waals surface area contributed by atoms with E-state index in [1.54, 1.807) is 6.21 Å². The van der Waals surface area contributed by atoms with Crippen molar-refractivity contribution >= 4 is 28.8 Å². The molecule has 1 saturated heterocycles. The van der Waals surface area contributed by atoms with Gasteiger partial charge in [-0.25, -0.2) is 0 Å². The van der Waals surface area contributed by atoms with Crippen LogP contribution in [0.5, 0.6) is 5.75 Å². The number of hydrogen-bond acceptors (Lipinski definition) is 4. The van der Waals surface area contributed by atoms with Gasteiger partial charge in [0.2, 0.25) is 0 Å². The molecule has 5 aliphatic rings. The van der Waals surface area contributed by atoms with Crippen molar-refractivity contribution in [3.05, 3.63) is 90.0 Å². The maximum Gasteiger partial charge on any atom is 0.254 e. The summed E-state index contributed by atoms with van der Waals surface area (Å²) in [6, 6.07) is 22.1. The minimum Gasteiger partial charge on any atom is -0.489 e. The number of nitrogens with zero attached hydrogens (tertiary/aromatic N) is 2. The number of fused-ring (bicyclic) bond motifs is 1. The van der Waals surface area contributed by atoms with Crippen molar-refractivity contribution in [2.24, 2.45) is 40.6 Å². The molecule has 0 radical (unpaired) electrons. The lowest BCUT2D eigenvalue weighted by Crippen LogP contribution is -2.40. The molecule has 34 heavy (non-hydrogen) atoms. The largest absolute Gasteiger partial charge is 0.489 e. The maximum absolute atomic E-state index is 13.0. The Morgan fingerprint density at radius 3 is 2.26 bits per heavy atom. The number of carbonyl (C=O) groups excluding carboxylic acids is 2. The zero-order valence-corrected chi connectivity index (χ0v) is 18.6. The highest BCUT2D eigenvalue weighted by atomic mass is 16.5. The predicted octanol–water partition coefficient (Wildman–Crippen LogP) is 4.81. The van der Waals surface area contributed by atoms with Crippen LogP contribution >= 0.6 is 0 Å². The van der Waals surface area contributed by atoms with Gasteiger partial charge in [-0.3, -0.25) is 9.59 Å². The average Bonchev–Trinajstić information content (AvgIpc) is 3.66. The van der Waals surface area contributed by atoms with Gasteiger partial charge < -0.3 is 4.74 Å². The molecule has 2 bridgehead atoms. The first kappa shape index (κ1) is 19.7. The molecule has 5 heteroatoms. The zero-order valence-electron chi connectivity index (χ0n) is 18.6. The summed E-state index contributed by atoms with van der Waals surface area (Å²) in [7, 11) is 0. The van der Waals surface area contributed by atoms with Gasteiger partial charge in [-0.05, 0) is 76.3 Å². The Bertz CT molecular complexity index is 1330. The summed E-state index contributed by atoms with van der Waals surface area (Å²) >= 11 is 0. The van der Waals surface area contributed by atoms with Crippen LogP contribution in [0.25, 0.3) is 10.8 Å². The molecule has 0 spiro atoms. The number of allylic oxidation sites excluding steroid dienone is 2. The fraction of sp³-hybridized carbons (Fsp3) is 0.276. The highest BCUT2D eigenvalue weighted by molar-refractivity contribution is 6.06. The second-order valence-electron chi connectivity index (χ2n) is 9.88. The van der Waals surface area contributed by atoms with Crippen LogP contribution in [-0.2, 0) is 16.2 Å². The smallest absolute Gasteiger partial charge is 0.254 e. The predicted molar refractivity (Wildman–Crippen MR) is 129 cm³/mol. The first-order valence-corrected chi connectivity index (χ1v) is 12.0. The Kier molecular flexibility index (Phi) is 4.28. The second kappa shape index (κ2) is 7.39. The fourth-order valence-corrected chi connectivity index (χ4v) is 6.41. The quantitative estimate of drug-likeness (QED) is 0.320. The van der Waals surface area contributed by atoms with Crippen molar-refractivity contribution in [2.45, 2.75) is 13.0 Å². The highest BCUT2D eigenvalue weighted by Crippen LogP contribution is 2.65. The van der Waals surface area contributed by atoms with Gasteiger partial charge in [-0.2, -0.15) is 10.1 Å². The Morgan fingerprint density at radius 2 is 1.53 bits per heavy atom. The molecule has 168 valence electrons. The van der Waals surface area contributed by atoms with Crippen molar-refractivity contribution in [3.63, 3.8) is 0 Å². The highest BCUT2D eigenvalue weighted by Gasteiger charge is 2.67. The maximum atomic E-state index is 13.0. The Labute approximate surface area is 197 Å². The molecule has 0 unspecified atom stereocenters. The Balaban J connectivity index is 1.04. The second-order valence-corrected chi connectivity index (χ2v) is 9.88. The van der Waals surface area contributed by atoms with Gasteiger partial charge in [0.1, 0.15) is 12.4 Å². The van der Waals surface area contributed by atoms with Gasteiger partial charge in [-0.1, -0.05) is 54.6 Å². The summed E-state index contributed by atoms with van der Waals surface area (Å²) in [6.45, 7) is 0.479. The molecule has 0 N–H and O–H groups in total. The van der Waals surface area contributed by atoms with Gasteiger partial charge in [0.15, 0.2) is 0 Å². The summed E-state index contributed by atoms with van der Waals surface area (Å²) < 4.78 is 6.01. The lowest BCUT2D eigenvalue weighted by atomic mass is 9.63. The molecular formula is C29H24N2O3. The Morgan fingerprint density at radius 1 is 0.853 bits per heavy atom. The van der Waals surface area contributed by atoms with E-state index in [0.29, 0.717) is 18.4 Å². The molecule has 3 aromatic carbocycles. The van der Waals surface area contributed by atoms with E-state index in [9.17, 15) is 9.59 Å². The third-order valence-electron chi connectivity index (χ3n) is 8.12. The number of hydrazone groups is 1. The van der Waals surface area contributed by atoms with Gasteiger partial charge >= 0.3 is 0 Å². The number of imide groups is 1. The van der Waals surface area contributed by atoms with Crippen LogP contribution in [0, 0.1) is 35.5 Å². The van der Waals surface area contributed by atoms with Crippen molar-refractivity contribution in [3.8, 4) is 5.75 Å².